The van der Waals surface area contributed by atoms with Crippen molar-refractivity contribution in [2.75, 3.05) is 13.2 Å². The van der Waals surface area contributed by atoms with Crippen LogP contribution in [0.2, 0.25) is 0 Å². The van der Waals surface area contributed by atoms with E-state index in [1.54, 1.807) is 12.2 Å². The number of fused-ring (bicyclic) bond motifs is 1. The van der Waals surface area contributed by atoms with Gasteiger partial charge in [0, 0.05) is 19.1 Å². The number of alkyl halides is 3. The lowest BCUT2D eigenvalue weighted by Crippen LogP contribution is -2.63. The van der Waals surface area contributed by atoms with E-state index in [-0.39, 0.29) is 30.4 Å². The predicted octanol–water partition coefficient (Wildman–Crippen LogP) is 1.42. The van der Waals surface area contributed by atoms with Gasteiger partial charge in [0.1, 0.15) is 12.1 Å². The third-order valence-electron chi connectivity index (χ3n) is 5.74. The topological polar surface area (TPSA) is 95.9 Å². The van der Waals surface area contributed by atoms with Gasteiger partial charge in [-0.15, -0.1) is 0 Å². The summed E-state index contributed by atoms with van der Waals surface area (Å²) in [4.78, 5) is 37.3. The van der Waals surface area contributed by atoms with E-state index in [1.807, 2.05) is 13.8 Å². The van der Waals surface area contributed by atoms with Crippen LogP contribution in [0.3, 0.4) is 0 Å². The maximum atomic E-state index is 13.0. The summed E-state index contributed by atoms with van der Waals surface area (Å²) in [5.41, 5.74) is -1.71. The number of nitrogens with one attached hydrogen (secondary N) is 1. The van der Waals surface area contributed by atoms with Crippen LogP contribution in [0.25, 0.3) is 0 Å². The molecule has 10 heteroatoms. The molecule has 0 aromatic carbocycles. The van der Waals surface area contributed by atoms with Crippen molar-refractivity contribution in [3.8, 4) is 0 Å². The average molecular weight is 394 g/mol. The highest BCUT2D eigenvalue weighted by atomic mass is 19.4. The average Bonchev–Trinajstić information content (AvgIpc) is 2.87. The third-order valence-corrected chi connectivity index (χ3v) is 5.74. The van der Waals surface area contributed by atoms with Gasteiger partial charge in [-0.1, -0.05) is 13.8 Å². The molecule has 4 atom stereocenters. The smallest absolute Gasteiger partial charge is 0.471 e. The molecule has 1 saturated carbocycles. The Morgan fingerprint density at radius 2 is 1.85 bits per heavy atom. The minimum absolute atomic E-state index is 0.0447. The van der Waals surface area contributed by atoms with Crippen molar-refractivity contribution in [3.63, 3.8) is 0 Å². The molecule has 2 fully saturated rings. The first-order valence-electron chi connectivity index (χ1n) is 8.71. The van der Waals surface area contributed by atoms with E-state index in [1.165, 1.54) is 13.8 Å². The fourth-order valence-corrected chi connectivity index (χ4v) is 4.16. The molecule has 2 amide bonds. The van der Waals surface area contributed by atoms with Crippen molar-refractivity contribution < 1.29 is 37.4 Å². The van der Waals surface area contributed by atoms with Crippen molar-refractivity contribution >= 4 is 17.8 Å². The quantitative estimate of drug-likeness (QED) is 0.710. The molecule has 2 N–H and O–H groups in total. The first kappa shape index (κ1) is 21.5. The lowest BCUT2D eigenvalue weighted by atomic mass is 9.94. The van der Waals surface area contributed by atoms with E-state index in [0.717, 1.165) is 4.90 Å². The Bertz CT molecular complexity index is 647. The molecule has 1 heterocycles. The van der Waals surface area contributed by atoms with Crippen molar-refractivity contribution in [3.05, 3.63) is 0 Å². The van der Waals surface area contributed by atoms with Crippen molar-refractivity contribution in [1.29, 1.82) is 0 Å². The zero-order valence-corrected chi connectivity index (χ0v) is 15.9. The molecule has 0 unspecified atom stereocenters. The standard InChI is InChI=1S/C17H25F3N2O5/c1-6-27-16(4,5)11(21-14(26)17(18,19)20)12(23)22-7-8-9(15(8,2)3)10(22)13(24)25/h8-11H,6-7H2,1-5H3,(H,21,26)(H,24,25)/t8-,9-,10-,11+/m0/s1. The number of ether oxygens (including phenoxy) is 1. The number of hydrogen-bond acceptors (Lipinski definition) is 4. The van der Waals surface area contributed by atoms with Crippen molar-refractivity contribution in [2.45, 2.75) is 58.5 Å². The molecule has 1 saturated heterocycles. The van der Waals surface area contributed by atoms with Gasteiger partial charge >= 0.3 is 18.1 Å². The van der Waals surface area contributed by atoms with Crippen LogP contribution < -0.4 is 5.32 Å². The van der Waals surface area contributed by atoms with Gasteiger partial charge in [0.2, 0.25) is 5.91 Å². The molecular weight excluding hydrogens is 369 g/mol. The van der Waals surface area contributed by atoms with E-state index in [4.69, 9.17) is 4.74 Å². The first-order valence-corrected chi connectivity index (χ1v) is 8.71. The van der Waals surface area contributed by atoms with Gasteiger partial charge in [0.15, 0.2) is 0 Å². The van der Waals surface area contributed by atoms with Gasteiger partial charge in [0.05, 0.1) is 5.60 Å². The lowest BCUT2D eigenvalue weighted by molar-refractivity contribution is -0.178. The van der Waals surface area contributed by atoms with Crippen molar-refractivity contribution in [1.82, 2.24) is 10.2 Å². The Morgan fingerprint density at radius 1 is 1.30 bits per heavy atom. The van der Waals surface area contributed by atoms with Crippen LogP contribution in [0.5, 0.6) is 0 Å². The van der Waals surface area contributed by atoms with E-state index in [9.17, 15) is 32.7 Å². The molecule has 0 spiro atoms. The molecule has 27 heavy (non-hydrogen) atoms. The second kappa shape index (κ2) is 6.65. The highest BCUT2D eigenvalue weighted by Gasteiger charge is 2.70. The molecule has 2 aliphatic rings. The molecule has 1 aliphatic carbocycles. The number of carboxylic acid groups (broad SMARTS) is 1. The van der Waals surface area contributed by atoms with Crippen LogP contribution in [-0.4, -0.2) is 64.8 Å². The minimum Gasteiger partial charge on any atom is -0.480 e. The Kier molecular flexibility index (Phi) is 5.28. The number of nitrogens with zero attached hydrogens (tertiary/aromatic N) is 1. The fourth-order valence-electron chi connectivity index (χ4n) is 4.16. The van der Waals surface area contributed by atoms with E-state index in [2.05, 4.69) is 0 Å². The minimum atomic E-state index is -5.18. The Balaban J connectivity index is 2.31. The van der Waals surface area contributed by atoms with Gasteiger partial charge in [-0.2, -0.15) is 13.2 Å². The van der Waals surface area contributed by atoms with Gasteiger partial charge in [-0.3, -0.25) is 9.59 Å². The van der Waals surface area contributed by atoms with Gasteiger partial charge in [0.25, 0.3) is 0 Å². The second-order valence-electron chi connectivity index (χ2n) is 8.17. The molecule has 154 valence electrons. The maximum absolute atomic E-state index is 13.0. The highest BCUT2D eigenvalue weighted by Crippen LogP contribution is 2.64. The number of halogens is 3. The van der Waals surface area contributed by atoms with Crippen LogP contribution in [0, 0.1) is 17.3 Å². The summed E-state index contributed by atoms with van der Waals surface area (Å²) >= 11 is 0. The van der Waals surface area contributed by atoms with Crippen LogP contribution in [0.1, 0.15) is 34.6 Å². The SMILES string of the molecule is CCOC(C)(C)[C@H](NC(=O)C(F)(F)F)C(=O)N1C[C@H]2[C@@H]([C@H]1C(=O)O)C2(C)C. The van der Waals surface area contributed by atoms with Crippen LogP contribution in [0.4, 0.5) is 13.2 Å². The number of amides is 2. The number of carbonyl (C=O) groups excluding carboxylic acids is 2. The molecule has 0 bridgehead atoms. The predicted molar refractivity (Wildman–Crippen MR) is 87.6 cm³/mol. The zero-order chi connectivity index (χ0) is 20.9. The van der Waals surface area contributed by atoms with Crippen LogP contribution in [-0.2, 0) is 19.1 Å². The number of hydrogen-bond donors (Lipinski definition) is 2. The molecular formula is C17H25F3N2O5. The largest absolute Gasteiger partial charge is 0.480 e. The lowest BCUT2D eigenvalue weighted by Gasteiger charge is -2.38. The van der Waals surface area contributed by atoms with E-state index >= 15 is 0 Å². The van der Waals surface area contributed by atoms with E-state index < -0.39 is 41.6 Å². The second-order valence-corrected chi connectivity index (χ2v) is 8.17. The van der Waals surface area contributed by atoms with Gasteiger partial charge in [-0.25, -0.2) is 4.79 Å². The molecule has 0 aromatic rings. The highest BCUT2D eigenvalue weighted by molar-refractivity contribution is 5.93. The normalized spacial score (nSPS) is 27.7. The maximum Gasteiger partial charge on any atom is 0.471 e. The molecule has 1 aliphatic heterocycles. The first-order chi connectivity index (χ1) is 12.2. The summed E-state index contributed by atoms with van der Waals surface area (Å²) < 4.78 is 43.6. The fraction of sp³-hybridized carbons (Fsp3) is 0.824. The number of carboxylic acids is 1. The Hall–Kier alpha value is -1.84. The summed E-state index contributed by atoms with van der Waals surface area (Å²) in [6, 6.07) is -2.81. The number of piperidine rings is 1. The monoisotopic (exact) mass is 394 g/mol. The number of likely N-dealkylation sites (tertiary alicyclic amines) is 1. The van der Waals surface area contributed by atoms with Crippen molar-refractivity contribution in [2.24, 2.45) is 17.3 Å². The Labute approximate surface area is 155 Å². The summed E-state index contributed by atoms with van der Waals surface area (Å²) in [5.74, 6) is -4.69. The summed E-state index contributed by atoms with van der Waals surface area (Å²) in [7, 11) is 0. The van der Waals surface area contributed by atoms with E-state index in [0.29, 0.717) is 0 Å². The zero-order valence-electron chi connectivity index (χ0n) is 15.9. The third kappa shape index (κ3) is 3.76. The summed E-state index contributed by atoms with van der Waals surface area (Å²) in [6.07, 6.45) is -5.18. The van der Waals surface area contributed by atoms with Crippen LogP contribution in [0.15, 0.2) is 0 Å². The number of rotatable bonds is 6. The molecule has 0 aromatic heterocycles. The Morgan fingerprint density at radius 3 is 2.30 bits per heavy atom. The molecule has 2 rings (SSSR count). The number of carbonyl (C=O) groups is 3. The number of aliphatic carboxylic acids is 1. The molecule has 7 nitrogen and oxygen atoms in total. The van der Waals surface area contributed by atoms with Gasteiger partial charge in [-0.05, 0) is 32.1 Å². The van der Waals surface area contributed by atoms with Crippen LogP contribution >= 0.6 is 0 Å². The summed E-state index contributed by atoms with van der Waals surface area (Å²) in [6.45, 7) is 8.37. The summed E-state index contributed by atoms with van der Waals surface area (Å²) in [5, 5.41) is 11.3. The van der Waals surface area contributed by atoms with Gasteiger partial charge < -0.3 is 20.1 Å². The molecule has 0 radical (unpaired) electrons.